The number of aliphatic hydroxyl groups is 1. The molecule has 21 heteroatoms. The zero-order chi connectivity index (χ0) is 46.4. The summed E-state index contributed by atoms with van der Waals surface area (Å²) in [5, 5.41) is 31.4. The van der Waals surface area contributed by atoms with Crippen molar-refractivity contribution in [3.8, 4) is 0 Å². The molecule has 3 heterocycles. The number of aromatic nitrogens is 4. The second-order valence-electron chi connectivity index (χ2n) is 17.5. The number of hydrogen-bond acceptors (Lipinski definition) is 15. The van der Waals surface area contributed by atoms with Crippen LogP contribution in [0.1, 0.15) is 81.0 Å². The number of hydrogen-bond donors (Lipinski definition) is 5. The Labute approximate surface area is 366 Å². The molecule has 1 aliphatic heterocycles. The lowest BCUT2D eigenvalue weighted by Crippen LogP contribution is -2.55. The number of benzene rings is 1. The van der Waals surface area contributed by atoms with Crippen molar-refractivity contribution >= 4 is 67.2 Å². The van der Waals surface area contributed by atoms with Crippen LogP contribution in [0.5, 0.6) is 0 Å². The minimum Gasteiger partial charge on any atom is -0.455 e. The number of ether oxygens (including phenoxy) is 5. The molecule has 340 valence electrons. The van der Waals surface area contributed by atoms with Crippen molar-refractivity contribution in [2.24, 2.45) is 11.8 Å². The molecule has 1 saturated heterocycles. The molecule has 2 radical (unpaired) electrons. The maximum Gasteiger partial charge on any atom is 0.414 e. The third-order valence-corrected chi connectivity index (χ3v) is 11.1. The highest BCUT2D eigenvalue weighted by Crippen LogP contribution is 2.45. The van der Waals surface area contributed by atoms with Crippen LogP contribution in [0.15, 0.2) is 53.6 Å². The Kier molecular flexibility index (Phi) is 15.0. The zero-order valence-electron chi connectivity index (χ0n) is 36.9. The molecular formula is C42H55N7O13Si. The Balaban J connectivity index is 1.41. The van der Waals surface area contributed by atoms with E-state index >= 15 is 0 Å². The van der Waals surface area contributed by atoms with Crippen LogP contribution in [0.4, 0.5) is 15.3 Å². The first kappa shape index (κ1) is 48.1. The molecule has 5 atom stereocenters. The SMILES string of the molecule is CC(C)C(=O)OCOC(=O)Nc1cc2c(=O)[nH]ncc3nn(C4OC(C(C)(C)O[Si]C(C)(C)C)C(OC(=O)CNC(=O)C(NC(=O)OCc5ccccc5)C(C)C)C4(C)O)cc1c32. The standard InChI is InChI=1S/C42H55N7O13Si/c1-22(2)31(46-39(55)57-20-24-14-12-11-13-15-24)35(52)43-18-29(50)60-33-32(41(8,9)62-63-40(5,6)7)61-37(42(33,10)56)49-19-26-27(45-38(54)59-21-58-36(53)23(3)4)16-25-30(26)28(48-49)17-44-47-34(25)51/h11-17,19,22-23,31-33,37,56H,18,20-21H2,1-10H3,(H,43,52)(H,45,54)(H,46,55)(H,47,51). The number of aromatic amines is 1. The average Bonchev–Trinajstić information content (AvgIpc) is 3.64. The van der Waals surface area contributed by atoms with Crippen molar-refractivity contribution in [1.29, 1.82) is 0 Å². The van der Waals surface area contributed by atoms with E-state index in [2.05, 4.69) is 31.2 Å². The first-order chi connectivity index (χ1) is 29.5. The fourth-order valence-electron chi connectivity index (χ4n) is 6.54. The first-order valence-corrected chi connectivity index (χ1v) is 21.2. The highest BCUT2D eigenvalue weighted by Gasteiger charge is 2.61. The van der Waals surface area contributed by atoms with E-state index in [1.165, 1.54) is 30.1 Å². The monoisotopic (exact) mass is 893 g/mol. The van der Waals surface area contributed by atoms with Crippen molar-refractivity contribution < 1.29 is 57.2 Å². The van der Waals surface area contributed by atoms with E-state index in [1.54, 1.807) is 65.8 Å². The number of nitrogens with zero attached hydrogens (tertiary/aromatic N) is 3. The molecule has 5 rings (SSSR count). The fraction of sp³-hybridized carbons (Fsp3) is 0.524. The molecule has 0 aliphatic carbocycles. The zero-order valence-corrected chi connectivity index (χ0v) is 37.9. The van der Waals surface area contributed by atoms with E-state index in [1.807, 2.05) is 26.8 Å². The number of H-pyrrole nitrogens is 1. The number of alkyl carbamates (subject to hydrolysis) is 1. The summed E-state index contributed by atoms with van der Waals surface area (Å²) in [5.41, 5.74) is -2.86. The summed E-state index contributed by atoms with van der Waals surface area (Å²) in [4.78, 5) is 77.4. The fourth-order valence-corrected chi connectivity index (χ4v) is 7.22. The molecule has 5 N–H and O–H groups in total. The summed E-state index contributed by atoms with van der Waals surface area (Å²) in [6, 6.07) is 9.33. The number of esters is 2. The summed E-state index contributed by atoms with van der Waals surface area (Å²) < 4.78 is 35.4. The van der Waals surface area contributed by atoms with Gasteiger partial charge in [0, 0.05) is 17.0 Å². The summed E-state index contributed by atoms with van der Waals surface area (Å²) in [6.45, 7) is 16.1. The Hall–Kier alpha value is -5.90. The lowest BCUT2D eigenvalue weighted by Gasteiger charge is -2.37. The van der Waals surface area contributed by atoms with Crippen molar-refractivity contribution in [3.63, 3.8) is 0 Å². The number of anilines is 1. The minimum absolute atomic E-state index is 0.0141. The van der Waals surface area contributed by atoms with E-state index in [9.17, 15) is 33.9 Å². The van der Waals surface area contributed by atoms with Crippen LogP contribution in [-0.2, 0) is 49.1 Å². The Morgan fingerprint density at radius 3 is 2.35 bits per heavy atom. The van der Waals surface area contributed by atoms with Gasteiger partial charge in [0.1, 0.15) is 36.4 Å². The highest BCUT2D eigenvalue weighted by atomic mass is 28.2. The lowest BCUT2D eigenvalue weighted by atomic mass is 9.89. The van der Waals surface area contributed by atoms with E-state index < -0.39 is 96.4 Å². The lowest BCUT2D eigenvalue weighted by molar-refractivity contribution is -0.168. The van der Waals surface area contributed by atoms with Crippen LogP contribution in [-0.4, -0.2) is 108 Å². The van der Waals surface area contributed by atoms with Gasteiger partial charge in [-0.2, -0.15) is 10.2 Å². The van der Waals surface area contributed by atoms with Gasteiger partial charge in [-0.3, -0.25) is 24.5 Å². The van der Waals surface area contributed by atoms with Crippen LogP contribution in [0.3, 0.4) is 0 Å². The van der Waals surface area contributed by atoms with Gasteiger partial charge in [0.05, 0.1) is 28.8 Å². The molecule has 3 amide bonds. The molecule has 0 bridgehead atoms. The van der Waals surface area contributed by atoms with E-state index in [0.717, 1.165) is 5.56 Å². The maximum absolute atomic E-state index is 13.6. The van der Waals surface area contributed by atoms with Gasteiger partial charge in [-0.15, -0.1) is 0 Å². The Bertz CT molecular complexity index is 2360. The third-order valence-electron chi connectivity index (χ3n) is 9.83. The molecule has 63 heavy (non-hydrogen) atoms. The third kappa shape index (κ3) is 12.0. The number of carbonyl (C=O) groups is 5. The molecule has 4 aromatic rings. The molecule has 2 aromatic heterocycles. The minimum atomic E-state index is -2.06. The number of nitrogens with one attached hydrogen (secondary N) is 4. The van der Waals surface area contributed by atoms with E-state index in [-0.39, 0.29) is 43.4 Å². The van der Waals surface area contributed by atoms with E-state index in [0.29, 0.717) is 5.39 Å². The maximum atomic E-state index is 13.6. The van der Waals surface area contributed by atoms with E-state index in [4.69, 9.17) is 28.1 Å². The van der Waals surface area contributed by atoms with Gasteiger partial charge in [-0.1, -0.05) is 78.8 Å². The molecule has 1 fully saturated rings. The van der Waals surface area contributed by atoms with Crippen molar-refractivity contribution in [2.75, 3.05) is 18.7 Å². The summed E-state index contributed by atoms with van der Waals surface area (Å²) >= 11 is 0. The Morgan fingerprint density at radius 2 is 1.70 bits per heavy atom. The smallest absolute Gasteiger partial charge is 0.414 e. The molecule has 0 spiro atoms. The Morgan fingerprint density at radius 1 is 1.00 bits per heavy atom. The van der Waals surface area contributed by atoms with Crippen molar-refractivity contribution in [1.82, 2.24) is 30.6 Å². The largest absolute Gasteiger partial charge is 0.455 e. The van der Waals surface area contributed by atoms with Crippen LogP contribution in [0.25, 0.3) is 21.7 Å². The summed E-state index contributed by atoms with van der Waals surface area (Å²) in [5.74, 6) is -3.04. The topological polar surface area (TPSA) is 261 Å². The van der Waals surface area contributed by atoms with Crippen LogP contribution < -0.4 is 21.5 Å². The molecule has 5 unspecified atom stereocenters. The van der Waals surface area contributed by atoms with Crippen LogP contribution in [0.2, 0.25) is 5.04 Å². The number of carbonyl (C=O) groups excluding carboxylic acids is 5. The van der Waals surface area contributed by atoms with Crippen molar-refractivity contribution in [2.45, 2.75) is 117 Å². The van der Waals surface area contributed by atoms with Gasteiger partial charge in [0.2, 0.25) is 22.5 Å². The predicted molar refractivity (Wildman–Crippen MR) is 228 cm³/mol. The molecule has 0 saturated carbocycles. The van der Waals surface area contributed by atoms with Crippen LogP contribution >= 0.6 is 0 Å². The normalized spacial score (nSPS) is 19.5. The van der Waals surface area contributed by atoms with Gasteiger partial charge in [-0.25, -0.2) is 19.4 Å². The van der Waals surface area contributed by atoms with Crippen LogP contribution in [0, 0.1) is 11.8 Å². The van der Waals surface area contributed by atoms with Gasteiger partial charge in [0.25, 0.3) is 5.56 Å². The second-order valence-corrected chi connectivity index (χ2v) is 19.4. The summed E-state index contributed by atoms with van der Waals surface area (Å²) in [7, 11) is -0.0518. The first-order valence-electron chi connectivity index (χ1n) is 20.3. The molecule has 1 aliphatic rings. The molecular weight excluding hydrogens is 839 g/mol. The molecule has 20 nitrogen and oxygen atoms in total. The molecule has 2 aromatic carbocycles. The second kappa shape index (κ2) is 19.6. The van der Waals surface area contributed by atoms with Crippen molar-refractivity contribution in [3.05, 3.63) is 64.7 Å². The van der Waals surface area contributed by atoms with Gasteiger partial charge >= 0.3 is 24.1 Å². The van der Waals surface area contributed by atoms with Gasteiger partial charge < -0.3 is 43.9 Å². The van der Waals surface area contributed by atoms with Gasteiger partial charge in [0.15, 0.2) is 12.3 Å². The summed E-state index contributed by atoms with van der Waals surface area (Å²) in [6.07, 6.45) is -3.09. The number of rotatable bonds is 16. The average molecular weight is 894 g/mol. The van der Waals surface area contributed by atoms with Gasteiger partial charge in [-0.05, 0) is 43.4 Å². The quantitative estimate of drug-likeness (QED) is 0.0456. The number of amides is 3. The predicted octanol–water partition coefficient (Wildman–Crippen LogP) is 4.24. The highest BCUT2D eigenvalue weighted by molar-refractivity contribution is 6.31.